The van der Waals surface area contributed by atoms with Gasteiger partial charge in [0.25, 0.3) is 5.91 Å². The molecule has 1 aromatic heterocycles. The monoisotopic (exact) mass is 319 g/mol. The van der Waals surface area contributed by atoms with E-state index in [2.05, 4.69) is 16.7 Å². The molecule has 118 valence electrons. The van der Waals surface area contributed by atoms with Gasteiger partial charge in [-0.3, -0.25) is 9.59 Å². The average Bonchev–Trinajstić information content (AvgIpc) is 3.24. The van der Waals surface area contributed by atoms with Crippen LogP contribution in [0.5, 0.6) is 0 Å². The zero-order valence-corrected chi connectivity index (χ0v) is 13.3. The quantitative estimate of drug-likeness (QED) is 0.825. The predicted molar refractivity (Wildman–Crippen MR) is 87.0 cm³/mol. The van der Waals surface area contributed by atoms with Crippen LogP contribution in [0.15, 0.2) is 29.2 Å². The summed E-state index contributed by atoms with van der Waals surface area (Å²) in [6.45, 7) is 3.10. The number of nitrogens with zero attached hydrogens (tertiary/aromatic N) is 1. The number of carbonyl (C=O) groups is 2. The Balaban J connectivity index is 1.59. The van der Waals surface area contributed by atoms with Crippen LogP contribution in [0.25, 0.3) is 0 Å². The highest BCUT2D eigenvalue weighted by Gasteiger charge is 2.34. The van der Waals surface area contributed by atoms with E-state index < -0.39 is 0 Å². The molecule has 0 aromatic carbocycles. The smallest absolute Gasteiger partial charge is 0.264 e. The Morgan fingerprint density at radius 2 is 2.36 bits per heavy atom. The molecule has 5 nitrogen and oxygen atoms in total. The normalized spacial score (nSPS) is 21.5. The number of amides is 2. The Kier molecular flexibility index (Phi) is 4.90. The maximum Gasteiger partial charge on any atom is 0.264 e. The van der Waals surface area contributed by atoms with Crippen LogP contribution in [0.4, 0.5) is 0 Å². The number of hydrogen-bond acceptors (Lipinski definition) is 4. The summed E-state index contributed by atoms with van der Waals surface area (Å²) >= 11 is 1.43. The van der Waals surface area contributed by atoms with Crippen LogP contribution in [-0.2, 0) is 4.79 Å². The van der Waals surface area contributed by atoms with Gasteiger partial charge in [-0.25, -0.2) is 0 Å². The van der Waals surface area contributed by atoms with Gasteiger partial charge in [0.05, 0.1) is 4.88 Å². The lowest BCUT2D eigenvalue weighted by Crippen LogP contribution is -2.46. The number of rotatable bonds is 4. The van der Waals surface area contributed by atoms with Crippen LogP contribution in [-0.4, -0.2) is 48.9 Å². The molecule has 1 saturated heterocycles. The topological polar surface area (TPSA) is 61.4 Å². The molecule has 3 heterocycles. The van der Waals surface area contributed by atoms with Crippen LogP contribution >= 0.6 is 11.3 Å². The van der Waals surface area contributed by atoms with Crippen LogP contribution in [0.1, 0.15) is 28.9 Å². The molecule has 2 N–H and O–H groups in total. The van der Waals surface area contributed by atoms with Gasteiger partial charge in [0.15, 0.2) is 0 Å². The molecule has 0 radical (unpaired) electrons. The van der Waals surface area contributed by atoms with Crippen molar-refractivity contribution in [3.05, 3.63) is 34.0 Å². The first-order valence-electron chi connectivity index (χ1n) is 7.76. The van der Waals surface area contributed by atoms with E-state index >= 15 is 0 Å². The highest BCUT2D eigenvalue weighted by molar-refractivity contribution is 7.12. The van der Waals surface area contributed by atoms with Crippen molar-refractivity contribution >= 4 is 23.2 Å². The molecule has 22 heavy (non-hydrogen) atoms. The van der Waals surface area contributed by atoms with E-state index in [0.29, 0.717) is 18.0 Å². The summed E-state index contributed by atoms with van der Waals surface area (Å²) < 4.78 is 0. The van der Waals surface area contributed by atoms with Gasteiger partial charge in [-0.15, -0.1) is 11.3 Å². The number of hydrogen-bond donors (Lipinski definition) is 2. The fourth-order valence-corrected chi connectivity index (χ4v) is 3.65. The largest absolute Gasteiger partial charge is 0.351 e. The van der Waals surface area contributed by atoms with E-state index in [0.717, 1.165) is 32.4 Å². The molecule has 0 aliphatic carbocycles. The van der Waals surface area contributed by atoms with Gasteiger partial charge in [0.1, 0.15) is 6.04 Å². The third kappa shape index (κ3) is 3.39. The van der Waals surface area contributed by atoms with E-state index in [1.807, 2.05) is 17.5 Å². The summed E-state index contributed by atoms with van der Waals surface area (Å²) in [5, 5.41) is 8.14. The molecule has 1 fully saturated rings. The summed E-state index contributed by atoms with van der Waals surface area (Å²) in [5.41, 5.74) is 1.27. The fraction of sp³-hybridized carbons (Fsp3) is 0.500. The number of thiophene rings is 1. The van der Waals surface area contributed by atoms with Crippen molar-refractivity contribution in [2.24, 2.45) is 0 Å². The summed E-state index contributed by atoms with van der Waals surface area (Å²) in [6, 6.07) is 3.36. The van der Waals surface area contributed by atoms with Crippen molar-refractivity contribution in [2.75, 3.05) is 26.2 Å². The molecule has 3 rings (SSSR count). The molecule has 1 unspecified atom stereocenters. The van der Waals surface area contributed by atoms with Gasteiger partial charge in [-0.05, 0) is 37.3 Å². The molecule has 0 bridgehead atoms. The predicted octanol–water partition coefficient (Wildman–Crippen LogP) is 1.39. The van der Waals surface area contributed by atoms with E-state index in [4.69, 9.17) is 0 Å². The van der Waals surface area contributed by atoms with Crippen molar-refractivity contribution in [2.45, 2.75) is 25.3 Å². The lowest BCUT2D eigenvalue weighted by atomic mass is 10.1. The van der Waals surface area contributed by atoms with Crippen LogP contribution in [0, 0.1) is 0 Å². The third-order valence-corrected chi connectivity index (χ3v) is 5.05. The maximum absolute atomic E-state index is 12.5. The molecule has 6 heteroatoms. The van der Waals surface area contributed by atoms with Gasteiger partial charge in [0.2, 0.25) is 5.91 Å². The summed E-state index contributed by atoms with van der Waals surface area (Å²) in [5.74, 6) is -0.0458. The first kappa shape index (κ1) is 15.2. The van der Waals surface area contributed by atoms with Crippen molar-refractivity contribution < 1.29 is 9.59 Å². The molecule has 1 atom stereocenters. The van der Waals surface area contributed by atoms with Crippen molar-refractivity contribution in [1.29, 1.82) is 0 Å². The third-order valence-electron chi connectivity index (χ3n) is 4.20. The molecular formula is C16H21N3O2S. The van der Waals surface area contributed by atoms with Crippen LogP contribution in [0.2, 0.25) is 0 Å². The van der Waals surface area contributed by atoms with Gasteiger partial charge in [-0.2, -0.15) is 0 Å². The van der Waals surface area contributed by atoms with E-state index in [9.17, 15) is 9.59 Å². The first-order chi connectivity index (χ1) is 10.8. The standard InChI is InChI=1S/C16H21N3O2S/c20-15(18-11-12-5-7-17-8-6-12)13-3-1-9-19(13)16(21)14-4-2-10-22-14/h2,4-5,10,13,17H,1,3,6-9,11H2,(H,18,20). The van der Waals surface area contributed by atoms with Gasteiger partial charge in [-0.1, -0.05) is 17.7 Å². The Morgan fingerprint density at radius 3 is 3.09 bits per heavy atom. The van der Waals surface area contributed by atoms with Crippen LogP contribution < -0.4 is 10.6 Å². The van der Waals surface area contributed by atoms with Crippen molar-refractivity contribution in [3.8, 4) is 0 Å². The molecule has 0 spiro atoms. The van der Waals surface area contributed by atoms with Gasteiger partial charge >= 0.3 is 0 Å². The minimum absolute atomic E-state index is 0.0197. The van der Waals surface area contributed by atoms with Crippen molar-refractivity contribution in [3.63, 3.8) is 0 Å². The minimum atomic E-state index is -0.322. The molecular weight excluding hydrogens is 298 g/mol. The lowest BCUT2D eigenvalue weighted by Gasteiger charge is -2.24. The zero-order valence-electron chi connectivity index (χ0n) is 12.5. The average molecular weight is 319 g/mol. The molecule has 2 amide bonds. The second-order valence-electron chi connectivity index (χ2n) is 5.67. The molecule has 2 aliphatic heterocycles. The van der Waals surface area contributed by atoms with E-state index in [1.165, 1.54) is 16.9 Å². The van der Waals surface area contributed by atoms with Crippen molar-refractivity contribution in [1.82, 2.24) is 15.5 Å². The second kappa shape index (κ2) is 7.07. The second-order valence-corrected chi connectivity index (χ2v) is 6.62. The highest BCUT2D eigenvalue weighted by Crippen LogP contribution is 2.22. The molecule has 0 saturated carbocycles. The SMILES string of the molecule is O=C(NCC1=CCNCC1)C1CCCN1C(=O)c1cccs1. The summed E-state index contributed by atoms with van der Waals surface area (Å²) in [7, 11) is 0. The summed E-state index contributed by atoms with van der Waals surface area (Å²) in [6.07, 6.45) is 4.75. The van der Waals surface area contributed by atoms with Gasteiger partial charge in [0, 0.05) is 19.6 Å². The fourth-order valence-electron chi connectivity index (χ4n) is 2.97. The Morgan fingerprint density at radius 1 is 1.45 bits per heavy atom. The minimum Gasteiger partial charge on any atom is -0.351 e. The van der Waals surface area contributed by atoms with E-state index in [-0.39, 0.29) is 17.9 Å². The Bertz CT molecular complexity index is 568. The van der Waals surface area contributed by atoms with Crippen LogP contribution in [0.3, 0.4) is 0 Å². The number of likely N-dealkylation sites (tertiary alicyclic amines) is 1. The maximum atomic E-state index is 12.5. The zero-order chi connectivity index (χ0) is 15.4. The number of nitrogens with one attached hydrogen (secondary N) is 2. The number of carbonyl (C=O) groups excluding carboxylic acids is 2. The van der Waals surface area contributed by atoms with Gasteiger partial charge < -0.3 is 15.5 Å². The lowest BCUT2D eigenvalue weighted by molar-refractivity contribution is -0.124. The first-order valence-corrected chi connectivity index (χ1v) is 8.64. The highest BCUT2D eigenvalue weighted by atomic mass is 32.1. The Labute approximate surface area is 134 Å². The summed E-state index contributed by atoms with van der Waals surface area (Å²) in [4.78, 5) is 27.3. The molecule has 2 aliphatic rings. The van der Waals surface area contributed by atoms with E-state index in [1.54, 1.807) is 4.90 Å². The Hall–Kier alpha value is -1.66. The molecule has 1 aromatic rings.